The highest BCUT2D eigenvalue weighted by molar-refractivity contribution is 5.78. The van der Waals surface area contributed by atoms with Crippen LogP contribution in [0.1, 0.15) is 30.5 Å². The first kappa shape index (κ1) is 15.4. The van der Waals surface area contributed by atoms with Crippen LogP contribution < -0.4 is 0 Å². The second-order valence-corrected chi connectivity index (χ2v) is 6.47. The molecule has 1 N–H and O–H groups in total. The molecule has 2 aliphatic rings. The van der Waals surface area contributed by atoms with Crippen molar-refractivity contribution in [3.63, 3.8) is 0 Å². The molecule has 0 unspecified atom stereocenters. The maximum absolute atomic E-state index is 12.4. The van der Waals surface area contributed by atoms with Gasteiger partial charge >= 0.3 is 0 Å². The van der Waals surface area contributed by atoms with Crippen LogP contribution >= 0.6 is 0 Å². The SMILES string of the molecule is Cc1ccc(CC(=O)N2CCN([C@@H]3CCC[C@H]3O)CC2)cn1. The molecule has 1 saturated carbocycles. The summed E-state index contributed by atoms with van der Waals surface area (Å²) in [7, 11) is 0. The Morgan fingerprint density at radius 3 is 2.64 bits per heavy atom. The van der Waals surface area contributed by atoms with E-state index in [-0.39, 0.29) is 12.0 Å². The maximum Gasteiger partial charge on any atom is 0.227 e. The summed E-state index contributed by atoms with van der Waals surface area (Å²) in [6.07, 6.45) is 5.16. The summed E-state index contributed by atoms with van der Waals surface area (Å²) in [6, 6.07) is 4.23. The fraction of sp³-hybridized carbons (Fsp3) is 0.647. The van der Waals surface area contributed by atoms with E-state index in [2.05, 4.69) is 9.88 Å². The van der Waals surface area contributed by atoms with Crippen molar-refractivity contribution in [3.05, 3.63) is 29.6 Å². The minimum Gasteiger partial charge on any atom is -0.391 e. The van der Waals surface area contributed by atoms with Crippen molar-refractivity contribution in [2.24, 2.45) is 0 Å². The Morgan fingerprint density at radius 2 is 2.05 bits per heavy atom. The third-order valence-corrected chi connectivity index (χ3v) is 4.91. The molecule has 120 valence electrons. The van der Waals surface area contributed by atoms with Crippen molar-refractivity contribution in [1.29, 1.82) is 0 Å². The number of amides is 1. The van der Waals surface area contributed by atoms with E-state index in [1.54, 1.807) is 6.20 Å². The van der Waals surface area contributed by atoms with Gasteiger partial charge in [0.05, 0.1) is 12.5 Å². The number of nitrogens with zero attached hydrogens (tertiary/aromatic N) is 3. The monoisotopic (exact) mass is 303 g/mol. The number of aliphatic hydroxyl groups is 1. The molecule has 1 aromatic rings. The number of piperazine rings is 1. The molecule has 2 atom stereocenters. The molecule has 2 heterocycles. The number of carbonyl (C=O) groups is 1. The van der Waals surface area contributed by atoms with E-state index in [0.717, 1.165) is 56.7 Å². The molecule has 3 rings (SSSR count). The molecule has 2 fully saturated rings. The molecular weight excluding hydrogens is 278 g/mol. The maximum atomic E-state index is 12.4. The number of hydrogen-bond donors (Lipinski definition) is 1. The topological polar surface area (TPSA) is 56.7 Å². The molecule has 0 bridgehead atoms. The molecule has 1 aliphatic carbocycles. The average Bonchev–Trinajstić information content (AvgIpc) is 2.96. The molecule has 1 aliphatic heterocycles. The van der Waals surface area contributed by atoms with Gasteiger partial charge in [0.15, 0.2) is 0 Å². The van der Waals surface area contributed by atoms with Crippen LogP contribution in [-0.2, 0) is 11.2 Å². The third kappa shape index (κ3) is 3.47. The number of aryl methyl sites for hydroxylation is 1. The van der Waals surface area contributed by atoms with Crippen LogP contribution in [0.15, 0.2) is 18.3 Å². The number of aliphatic hydroxyl groups excluding tert-OH is 1. The molecule has 22 heavy (non-hydrogen) atoms. The molecule has 0 spiro atoms. The molecule has 1 aromatic heterocycles. The molecular formula is C17H25N3O2. The molecule has 1 amide bonds. The lowest BCUT2D eigenvalue weighted by Crippen LogP contribution is -2.53. The van der Waals surface area contributed by atoms with Gasteiger partial charge in [-0.15, -0.1) is 0 Å². The van der Waals surface area contributed by atoms with E-state index in [4.69, 9.17) is 0 Å². The van der Waals surface area contributed by atoms with Crippen LogP contribution in [-0.4, -0.2) is 64.1 Å². The van der Waals surface area contributed by atoms with Crippen LogP contribution in [0.5, 0.6) is 0 Å². The Hall–Kier alpha value is -1.46. The average molecular weight is 303 g/mol. The summed E-state index contributed by atoms with van der Waals surface area (Å²) >= 11 is 0. The normalized spacial score (nSPS) is 26.4. The first-order chi connectivity index (χ1) is 10.6. The molecule has 0 aromatic carbocycles. The van der Waals surface area contributed by atoms with Crippen molar-refractivity contribution < 1.29 is 9.90 Å². The van der Waals surface area contributed by atoms with Gasteiger partial charge in [0.2, 0.25) is 5.91 Å². The van der Waals surface area contributed by atoms with E-state index in [9.17, 15) is 9.90 Å². The number of aromatic nitrogens is 1. The van der Waals surface area contributed by atoms with Gasteiger partial charge < -0.3 is 10.0 Å². The second-order valence-electron chi connectivity index (χ2n) is 6.47. The van der Waals surface area contributed by atoms with Crippen molar-refractivity contribution in [2.45, 2.75) is 44.8 Å². The van der Waals surface area contributed by atoms with Crippen LogP contribution in [0.3, 0.4) is 0 Å². The fourth-order valence-corrected chi connectivity index (χ4v) is 3.54. The van der Waals surface area contributed by atoms with Crippen LogP contribution in [0.4, 0.5) is 0 Å². The number of hydrogen-bond acceptors (Lipinski definition) is 4. The summed E-state index contributed by atoms with van der Waals surface area (Å²) < 4.78 is 0. The minimum absolute atomic E-state index is 0.178. The van der Waals surface area contributed by atoms with Gasteiger partial charge in [0.25, 0.3) is 0 Å². The van der Waals surface area contributed by atoms with Crippen molar-refractivity contribution in [2.75, 3.05) is 26.2 Å². The highest BCUT2D eigenvalue weighted by Crippen LogP contribution is 2.25. The molecule has 0 radical (unpaired) electrons. The largest absolute Gasteiger partial charge is 0.391 e. The van der Waals surface area contributed by atoms with Gasteiger partial charge in [0.1, 0.15) is 0 Å². The van der Waals surface area contributed by atoms with Crippen LogP contribution in [0.2, 0.25) is 0 Å². The van der Waals surface area contributed by atoms with Crippen molar-refractivity contribution in [3.8, 4) is 0 Å². The Balaban J connectivity index is 1.50. The fourth-order valence-electron chi connectivity index (χ4n) is 3.54. The zero-order valence-corrected chi connectivity index (χ0v) is 13.2. The Bertz CT molecular complexity index is 509. The number of rotatable bonds is 3. The van der Waals surface area contributed by atoms with Gasteiger partial charge in [0, 0.05) is 44.1 Å². The molecule has 5 nitrogen and oxygen atoms in total. The first-order valence-corrected chi connectivity index (χ1v) is 8.25. The predicted octanol–water partition coefficient (Wildman–Crippen LogP) is 0.990. The summed E-state index contributed by atoms with van der Waals surface area (Å²) in [6.45, 7) is 5.23. The standard InChI is InChI=1S/C17H25N3O2/c1-13-5-6-14(12-18-13)11-17(22)20-9-7-19(8-10-20)15-3-2-4-16(15)21/h5-6,12,15-16,21H,2-4,7-11H2,1H3/t15-,16-/m1/s1. The van der Waals surface area contributed by atoms with E-state index < -0.39 is 0 Å². The summed E-state index contributed by atoms with van der Waals surface area (Å²) in [5.41, 5.74) is 1.95. The lowest BCUT2D eigenvalue weighted by atomic mass is 10.1. The van der Waals surface area contributed by atoms with Gasteiger partial charge in [-0.3, -0.25) is 14.7 Å². The van der Waals surface area contributed by atoms with E-state index >= 15 is 0 Å². The smallest absolute Gasteiger partial charge is 0.227 e. The quantitative estimate of drug-likeness (QED) is 0.905. The zero-order chi connectivity index (χ0) is 15.5. The first-order valence-electron chi connectivity index (χ1n) is 8.25. The molecule has 1 saturated heterocycles. The summed E-state index contributed by atoms with van der Waals surface area (Å²) in [5, 5.41) is 10.0. The molecule has 5 heteroatoms. The Kier molecular flexibility index (Phi) is 4.74. The van der Waals surface area contributed by atoms with Gasteiger partial charge in [-0.05, 0) is 37.8 Å². The third-order valence-electron chi connectivity index (χ3n) is 4.91. The minimum atomic E-state index is -0.180. The number of carbonyl (C=O) groups excluding carboxylic acids is 1. The van der Waals surface area contributed by atoms with E-state index in [0.29, 0.717) is 12.5 Å². The summed E-state index contributed by atoms with van der Waals surface area (Å²) in [5.74, 6) is 0.178. The van der Waals surface area contributed by atoms with E-state index in [1.807, 2.05) is 24.0 Å². The van der Waals surface area contributed by atoms with Gasteiger partial charge in [-0.2, -0.15) is 0 Å². The Morgan fingerprint density at radius 1 is 1.27 bits per heavy atom. The van der Waals surface area contributed by atoms with E-state index in [1.165, 1.54) is 0 Å². The van der Waals surface area contributed by atoms with Gasteiger partial charge in [-0.1, -0.05) is 6.07 Å². The van der Waals surface area contributed by atoms with Crippen molar-refractivity contribution >= 4 is 5.91 Å². The second kappa shape index (κ2) is 6.75. The predicted molar refractivity (Wildman–Crippen MR) is 84.5 cm³/mol. The van der Waals surface area contributed by atoms with Crippen LogP contribution in [0, 0.1) is 6.92 Å². The van der Waals surface area contributed by atoms with Crippen molar-refractivity contribution in [1.82, 2.24) is 14.8 Å². The summed E-state index contributed by atoms with van der Waals surface area (Å²) in [4.78, 5) is 20.9. The van der Waals surface area contributed by atoms with Crippen LogP contribution in [0.25, 0.3) is 0 Å². The lowest BCUT2D eigenvalue weighted by Gasteiger charge is -2.39. The number of pyridine rings is 1. The highest BCUT2D eigenvalue weighted by Gasteiger charge is 2.33. The highest BCUT2D eigenvalue weighted by atomic mass is 16.3. The van der Waals surface area contributed by atoms with Gasteiger partial charge in [-0.25, -0.2) is 0 Å². The lowest BCUT2D eigenvalue weighted by molar-refractivity contribution is -0.132. The zero-order valence-electron chi connectivity index (χ0n) is 13.2. The Labute approximate surface area is 131 Å².